The minimum absolute atomic E-state index is 0.105. The van der Waals surface area contributed by atoms with Crippen LogP contribution in [0.25, 0.3) is 0 Å². The molecule has 0 amide bonds. The van der Waals surface area contributed by atoms with Crippen LogP contribution in [-0.4, -0.2) is 96.7 Å². The topological polar surface area (TPSA) is 237 Å². The van der Waals surface area contributed by atoms with Crippen molar-refractivity contribution in [2.75, 3.05) is 39.6 Å². The van der Waals surface area contributed by atoms with E-state index in [2.05, 4.69) is 55.4 Å². The van der Waals surface area contributed by atoms with Crippen LogP contribution < -0.4 is 0 Å². The number of phosphoric acid groups is 2. The maximum Gasteiger partial charge on any atom is 0.472 e. The average molecular weight is 1480 g/mol. The van der Waals surface area contributed by atoms with Gasteiger partial charge in [0.25, 0.3) is 0 Å². The summed E-state index contributed by atoms with van der Waals surface area (Å²) in [5.74, 6) is 1.01. The second kappa shape index (κ2) is 71.0. The Kier molecular flexibility index (Phi) is 69.6. The Balaban J connectivity index is 5.24. The number of esters is 4. The Bertz CT molecular complexity index is 1970. The first-order chi connectivity index (χ1) is 48.6. The van der Waals surface area contributed by atoms with Gasteiger partial charge in [-0.3, -0.25) is 37.3 Å². The van der Waals surface area contributed by atoms with Crippen LogP contribution in [-0.2, 0) is 65.4 Å². The quantitative estimate of drug-likeness (QED) is 0.0222. The fourth-order valence-electron chi connectivity index (χ4n) is 12.6. The Morgan fingerprint density at radius 3 is 0.703 bits per heavy atom. The van der Waals surface area contributed by atoms with Crippen molar-refractivity contribution >= 4 is 39.5 Å². The van der Waals surface area contributed by atoms with E-state index in [4.69, 9.17) is 37.0 Å². The second-order valence-electron chi connectivity index (χ2n) is 31.2. The summed E-state index contributed by atoms with van der Waals surface area (Å²) in [4.78, 5) is 73.1. The molecular weight excluding hydrogens is 1320 g/mol. The summed E-state index contributed by atoms with van der Waals surface area (Å²) in [5, 5.41) is 10.6. The van der Waals surface area contributed by atoms with E-state index in [0.29, 0.717) is 31.6 Å². The lowest BCUT2D eigenvalue weighted by Crippen LogP contribution is -2.30. The van der Waals surface area contributed by atoms with E-state index in [-0.39, 0.29) is 25.7 Å². The van der Waals surface area contributed by atoms with E-state index in [1.165, 1.54) is 218 Å². The molecule has 101 heavy (non-hydrogen) atoms. The molecule has 0 aromatic rings. The van der Waals surface area contributed by atoms with Crippen molar-refractivity contribution < 1.29 is 80.2 Å². The van der Waals surface area contributed by atoms with Gasteiger partial charge in [-0.1, -0.05) is 370 Å². The normalized spacial score (nSPS) is 14.3. The Morgan fingerprint density at radius 1 is 0.277 bits per heavy atom. The summed E-state index contributed by atoms with van der Waals surface area (Å²) >= 11 is 0. The van der Waals surface area contributed by atoms with Crippen molar-refractivity contribution in [1.82, 2.24) is 0 Å². The highest BCUT2D eigenvalue weighted by Gasteiger charge is 2.30. The van der Waals surface area contributed by atoms with E-state index < -0.39 is 97.5 Å². The number of hydrogen-bond acceptors (Lipinski definition) is 15. The first kappa shape index (κ1) is 99.1. The predicted octanol–water partition coefficient (Wildman–Crippen LogP) is 24.4. The number of rotatable bonds is 79. The molecule has 0 heterocycles. The van der Waals surface area contributed by atoms with Crippen LogP contribution in [0.4, 0.5) is 0 Å². The maximum absolute atomic E-state index is 13.1. The van der Waals surface area contributed by atoms with Crippen LogP contribution in [0.15, 0.2) is 0 Å². The van der Waals surface area contributed by atoms with Gasteiger partial charge in [-0.2, -0.15) is 0 Å². The summed E-state index contributed by atoms with van der Waals surface area (Å²) in [7, 11) is -9.92. The SMILES string of the molecule is CCC(C)CCCCCCCCCCCCC(=O)O[C@H](COC(=O)CCCCCCCCCC(C)C)COP(=O)(O)OCC(O)COP(=O)(O)OC[C@@H](COC(=O)CCCCCCCCCCCCCCCCCC(C)C)OC(=O)CCCCCCCCCCCCCCCCCCC(C)C. The molecule has 0 saturated heterocycles. The summed E-state index contributed by atoms with van der Waals surface area (Å²) < 4.78 is 68.7. The van der Waals surface area contributed by atoms with Crippen LogP contribution in [0.5, 0.6) is 0 Å². The lowest BCUT2D eigenvalue weighted by molar-refractivity contribution is -0.161. The van der Waals surface area contributed by atoms with Crippen LogP contribution in [0.1, 0.15) is 421 Å². The van der Waals surface area contributed by atoms with E-state index >= 15 is 0 Å². The monoisotopic (exact) mass is 1480 g/mol. The van der Waals surface area contributed by atoms with Crippen molar-refractivity contribution in [2.24, 2.45) is 23.7 Å². The molecule has 3 N–H and O–H groups in total. The molecule has 0 aliphatic heterocycles. The van der Waals surface area contributed by atoms with Crippen LogP contribution >= 0.6 is 15.6 Å². The third-order valence-corrected chi connectivity index (χ3v) is 21.3. The van der Waals surface area contributed by atoms with E-state index in [1.807, 2.05) is 0 Å². The highest BCUT2D eigenvalue weighted by molar-refractivity contribution is 7.47. The molecule has 600 valence electrons. The van der Waals surface area contributed by atoms with Crippen LogP contribution in [0.3, 0.4) is 0 Å². The molecule has 0 aliphatic carbocycles. The molecule has 0 aromatic heterocycles. The number of ether oxygens (including phenoxy) is 4. The number of aliphatic hydroxyl groups is 1. The molecule has 0 bridgehead atoms. The van der Waals surface area contributed by atoms with Gasteiger partial charge in [-0.15, -0.1) is 0 Å². The molecule has 0 aromatic carbocycles. The molecule has 0 saturated carbocycles. The van der Waals surface area contributed by atoms with Crippen LogP contribution in [0, 0.1) is 23.7 Å². The summed E-state index contributed by atoms with van der Waals surface area (Å²) in [6.07, 6.45) is 58.3. The van der Waals surface area contributed by atoms with E-state index in [0.717, 1.165) is 114 Å². The molecule has 0 rings (SSSR count). The Morgan fingerprint density at radius 2 is 0.475 bits per heavy atom. The van der Waals surface area contributed by atoms with Crippen molar-refractivity contribution in [3.05, 3.63) is 0 Å². The standard InChI is InChI=1S/C82H160O17P2/c1-9-75(8)61-53-45-37-29-25-26-32-40-49-57-65-82(87)99-78(69-93-80(85)63-55-47-41-33-36-44-52-60-74(6)7)71-97-101(90,91)95-67-76(83)66-94-100(88,89)96-70-77(68-92-79(84)62-54-46-38-30-23-19-16-12-14-18-22-28-35-43-51-59-73(4)5)98-81(86)64-56-48-39-31-24-20-15-11-10-13-17-21-27-34-42-50-58-72(2)3/h72-78,83H,9-71H2,1-8H3,(H,88,89)(H,90,91)/t75?,76?,77-,78-/m1/s1. The largest absolute Gasteiger partial charge is 0.472 e. The van der Waals surface area contributed by atoms with Gasteiger partial charge in [-0.05, 0) is 49.4 Å². The molecule has 17 nitrogen and oxygen atoms in total. The minimum atomic E-state index is -4.96. The number of phosphoric ester groups is 2. The highest BCUT2D eigenvalue weighted by Crippen LogP contribution is 2.45. The van der Waals surface area contributed by atoms with Crippen molar-refractivity contribution in [3.8, 4) is 0 Å². The van der Waals surface area contributed by atoms with Gasteiger partial charge < -0.3 is 33.8 Å². The molecule has 19 heteroatoms. The van der Waals surface area contributed by atoms with Gasteiger partial charge >= 0.3 is 39.5 Å². The number of hydrogen-bond donors (Lipinski definition) is 3. The molecule has 0 radical (unpaired) electrons. The molecule has 0 fully saturated rings. The smallest absolute Gasteiger partial charge is 0.462 e. The van der Waals surface area contributed by atoms with E-state index in [1.54, 1.807) is 0 Å². The fraction of sp³-hybridized carbons (Fsp3) is 0.951. The van der Waals surface area contributed by atoms with Gasteiger partial charge in [0.1, 0.15) is 19.3 Å². The zero-order chi connectivity index (χ0) is 74.6. The van der Waals surface area contributed by atoms with Crippen LogP contribution in [0.2, 0.25) is 0 Å². The molecule has 6 atom stereocenters. The fourth-order valence-corrected chi connectivity index (χ4v) is 14.2. The summed E-state index contributed by atoms with van der Waals surface area (Å²) in [6, 6.07) is 0. The molecule has 0 aliphatic rings. The lowest BCUT2D eigenvalue weighted by atomic mass is 9.99. The zero-order valence-electron chi connectivity index (χ0n) is 66.5. The molecular formula is C82H160O17P2. The lowest BCUT2D eigenvalue weighted by Gasteiger charge is -2.21. The van der Waals surface area contributed by atoms with Crippen molar-refractivity contribution in [3.63, 3.8) is 0 Å². The molecule has 4 unspecified atom stereocenters. The first-order valence-electron chi connectivity index (χ1n) is 42.2. The van der Waals surface area contributed by atoms with Gasteiger partial charge in [-0.25, -0.2) is 9.13 Å². The first-order valence-corrected chi connectivity index (χ1v) is 45.2. The summed E-state index contributed by atoms with van der Waals surface area (Å²) in [5.41, 5.74) is 0. The average Bonchev–Trinajstić information content (AvgIpc) is 0.948. The van der Waals surface area contributed by atoms with Gasteiger partial charge in [0.05, 0.1) is 26.4 Å². The number of aliphatic hydroxyl groups excluding tert-OH is 1. The van der Waals surface area contributed by atoms with Crippen molar-refractivity contribution in [2.45, 2.75) is 440 Å². The zero-order valence-corrected chi connectivity index (χ0v) is 68.3. The second-order valence-corrected chi connectivity index (χ2v) is 34.1. The van der Waals surface area contributed by atoms with Crippen molar-refractivity contribution in [1.29, 1.82) is 0 Å². The third kappa shape index (κ3) is 74.7. The minimum Gasteiger partial charge on any atom is -0.462 e. The van der Waals surface area contributed by atoms with Gasteiger partial charge in [0.2, 0.25) is 0 Å². The number of carbonyl (C=O) groups excluding carboxylic acids is 4. The van der Waals surface area contributed by atoms with E-state index in [9.17, 15) is 43.2 Å². The Hall–Kier alpha value is -1.94. The predicted molar refractivity (Wildman–Crippen MR) is 414 cm³/mol. The highest BCUT2D eigenvalue weighted by atomic mass is 31.2. The Labute approximate surface area is 619 Å². The van der Waals surface area contributed by atoms with Gasteiger partial charge in [0, 0.05) is 25.7 Å². The third-order valence-electron chi connectivity index (χ3n) is 19.4. The summed E-state index contributed by atoms with van der Waals surface area (Å²) in [6.45, 7) is 14.3. The number of carbonyl (C=O) groups is 4. The number of unbranched alkanes of at least 4 members (excludes halogenated alkanes) is 44. The maximum atomic E-state index is 13.1. The molecule has 0 spiro atoms. The van der Waals surface area contributed by atoms with Gasteiger partial charge in [0.15, 0.2) is 12.2 Å².